The Morgan fingerprint density at radius 1 is 0.368 bits per heavy atom. The average Bonchev–Trinajstić information content (AvgIpc) is 4.08. The fourth-order valence-electron chi connectivity index (χ4n) is 11.8. The van der Waals surface area contributed by atoms with E-state index in [1.807, 2.05) is 30.5 Å². The van der Waals surface area contributed by atoms with Gasteiger partial charge in [0.1, 0.15) is 17.0 Å². The van der Waals surface area contributed by atoms with Gasteiger partial charge in [0, 0.05) is 55.3 Å². The Morgan fingerprint density at radius 3 is 1.59 bits per heavy atom. The molecule has 9 aromatic carbocycles. The minimum atomic E-state index is -0.305. The van der Waals surface area contributed by atoms with E-state index in [2.05, 4.69) is 207 Å². The molecule has 2 aliphatic carbocycles. The van der Waals surface area contributed by atoms with Crippen molar-refractivity contribution < 1.29 is 8.83 Å². The number of fused-ring (bicyclic) bond motifs is 14. The summed E-state index contributed by atoms with van der Waals surface area (Å²) in [7, 11) is 0. The summed E-state index contributed by atoms with van der Waals surface area (Å²) in [4.78, 5) is 9.58. The second kappa shape index (κ2) is 14.1. The van der Waals surface area contributed by atoms with Crippen LogP contribution >= 0.6 is 0 Å². The minimum absolute atomic E-state index is 0.297. The first kappa shape index (κ1) is 38.8. The predicted molar refractivity (Wildman–Crippen MR) is 281 cm³/mol. The van der Waals surface area contributed by atoms with Crippen LogP contribution in [0.2, 0.25) is 0 Å². The lowest BCUT2D eigenvalue weighted by Gasteiger charge is -2.29. The van der Waals surface area contributed by atoms with Crippen molar-refractivity contribution in [1.82, 2.24) is 4.98 Å². The maximum absolute atomic E-state index is 6.74. The molecule has 324 valence electrons. The number of hydrogen-bond acceptors (Lipinski definition) is 5. The molecule has 0 amide bonds. The van der Waals surface area contributed by atoms with Crippen LogP contribution < -0.4 is 9.80 Å². The molecule has 5 nitrogen and oxygen atoms in total. The lowest BCUT2D eigenvalue weighted by Crippen LogP contribution is -2.18. The molecular formula is C63H45N3O2. The predicted octanol–water partition coefficient (Wildman–Crippen LogP) is 17.6. The molecule has 12 aromatic rings. The van der Waals surface area contributed by atoms with Crippen molar-refractivity contribution in [3.8, 4) is 22.3 Å². The SMILES string of the molecule is CC1(C)c2cc(N(c3ccccn3)c3cccc4c3oc3ccccc34)ccc2-c2cc3c(cc21)-c1c(cc(N(c2ccccc2)c2cccc4c2oc2ccccc24)c2ccccc12)C3(C)C. The molecule has 0 spiro atoms. The van der Waals surface area contributed by atoms with E-state index in [1.54, 1.807) is 0 Å². The van der Waals surface area contributed by atoms with E-state index in [9.17, 15) is 0 Å². The number of aromatic nitrogens is 1. The largest absolute Gasteiger partial charge is 0.454 e. The number of pyridine rings is 1. The van der Waals surface area contributed by atoms with Crippen LogP contribution in [-0.4, -0.2) is 4.98 Å². The fourth-order valence-corrected chi connectivity index (χ4v) is 11.8. The van der Waals surface area contributed by atoms with Crippen molar-refractivity contribution in [2.75, 3.05) is 9.80 Å². The lowest BCUT2D eigenvalue weighted by atomic mass is 9.79. The Kier molecular flexibility index (Phi) is 8.02. The number of anilines is 6. The second-order valence-electron chi connectivity index (χ2n) is 19.5. The summed E-state index contributed by atoms with van der Waals surface area (Å²) < 4.78 is 13.4. The van der Waals surface area contributed by atoms with Crippen molar-refractivity contribution >= 4 is 88.9 Å². The van der Waals surface area contributed by atoms with Crippen molar-refractivity contribution in [2.45, 2.75) is 38.5 Å². The molecule has 5 heteroatoms. The highest BCUT2D eigenvalue weighted by Crippen LogP contribution is 2.60. The Bertz CT molecular complexity index is 4050. The van der Waals surface area contributed by atoms with E-state index in [4.69, 9.17) is 13.8 Å². The molecule has 0 aliphatic heterocycles. The zero-order valence-electron chi connectivity index (χ0n) is 38.2. The van der Waals surface area contributed by atoms with Gasteiger partial charge in [-0.15, -0.1) is 0 Å². The van der Waals surface area contributed by atoms with Gasteiger partial charge in [0.15, 0.2) is 11.2 Å². The van der Waals surface area contributed by atoms with Crippen LogP contribution in [0.25, 0.3) is 76.9 Å². The summed E-state index contributed by atoms with van der Waals surface area (Å²) in [6.07, 6.45) is 1.86. The number of rotatable bonds is 6. The minimum Gasteiger partial charge on any atom is -0.454 e. The number of hydrogen-bond donors (Lipinski definition) is 0. The van der Waals surface area contributed by atoms with Crippen LogP contribution in [0.5, 0.6) is 0 Å². The highest BCUT2D eigenvalue weighted by Gasteiger charge is 2.43. The Balaban J connectivity index is 0.938. The van der Waals surface area contributed by atoms with Gasteiger partial charge in [0.05, 0.1) is 17.1 Å². The molecule has 3 heterocycles. The topological polar surface area (TPSA) is 45.7 Å². The third-order valence-electron chi connectivity index (χ3n) is 15.1. The van der Waals surface area contributed by atoms with Gasteiger partial charge >= 0.3 is 0 Å². The standard InChI is InChI=1S/C63H45N3O2/c1-62(2)49-34-39(66(58-30-14-15-33-64-58)54-27-17-25-46-43-22-11-13-29-57(43)68-61(46)54)31-32-40(49)47-35-51-48(36-50(47)62)59-44-23-9-8-20-41(44)55(37-52(59)63(51,3)4)65(38-18-6-5-7-19-38)53-26-16-24-45-42-21-10-12-28-56(42)67-60(45)53/h5-37H,1-4H3. The maximum atomic E-state index is 6.74. The van der Waals surface area contributed by atoms with E-state index in [0.717, 1.165) is 78.1 Å². The highest BCUT2D eigenvalue weighted by atomic mass is 16.3. The van der Waals surface area contributed by atoms with Crippen LogP contribution in [0.4, 0.5) is 34.3 Å². The van der Waals surface area contributed by atoms with E-state index in [1.165, 1.54) is 55.3 Å². The van der Waals surface area contributed by atoms with E-state index < -0.39 is 0 Å². The highest BCUT2D eigenvalue weighted by molar-refractivity contribution is 6.15. The molecule has 0 fully saturated rings. The smallest absolute Gasteiger partial charge is 0.159 e. The van der Waals surface area contributed by atoms with E-state index in [-0.39, 0.29) is 10.8 Å². The van der Waals surface area contributed by atoms with Gasteiger partial charge < -0.3 is 13.7 Å². The number of nitrogens with zero attached hydrogens (tertiary/aromatic N) is 3. The number of para-hydroxylation sites is 5. The molecule has 0 radical (unpaired) electrons. The molecule has 0 saturated heterocycles. The molecule has 0 atom stereocenters. The lowest BCUT2D eigenvalue weighted by molar-refractivity contribution is 0.652. The quantitative estimate of drug-likeness (QED) is 0.167. The van der Waals surface area contributed by atoms with Gasteiger partial charge in [0.2, 0.25) is 0 Å². The molecule has 0 unspecified atom stereocenters. The molecule has 3 aromatic heterocycles. The van der Waals surface area contributed by atoms with Crippen LogP contribution in [0.15, 0.2) is 209 Å². The summed E-state index contributed by atoms with van der Waals surface area (Å²) in [6.45, 7) is 9.58. The molecule has 0 saturated carbocycles. The van der Waals surface area contributed by atoms with Gasteiger partial charge in [-0.2, -0.15) is 0 Å². The van der Waals surface area contributed by atoms with Crippen LogP contribution in [-0.2, 0) is 10.8 Å². The molecule has 2 aliphatic rings. The van der Waals surface area contributed by atoms with Crippen LogP contribution in [0.1, 0.15) is 49.9 Å². The normalized spacial score (nSPS) is 14.1. The Hall–Kier alpha value is -8.41. The monoisotopic (exact) mass is 875 g/mol. The van der Waals surface area contributed by atoms with Crippen molar-refractivity contribution in [2.24, 2.45) is 0 Å². The molecular weight excluding hydrogens is 831 g/mol. The molecule has 0 N–H and O–H groups in total. The Labute approximate surface area is 394 Å². The second-order valence-corrected chi connectivity index (χ2v) is 19.5. The first-order chi connectivity index (χ1) is 33.3. The van der Waals surface area contributed by atoms with E-state index in [0.29, 0.717) is 0 Å². The van der Waals surface area contributed by atoms with Crippen molar-refractivity contribution in [3.63, 3.8) is 0 Å². The zero-order chi connectivity index (χ0) is 45.5. The third kappa shape index (κ3) is 5.35. The molecule has 14 rings (SSSR count). The first-order valence-corrected chi connectivity index (χ1v) is 23.5. The molecule has 0 bridgehead atoms. The van der Waals surface area contributed by atoms with E-state index >= 15 is 0 Å². The van der Waals surface area contributed by atoms with Gasteiger partial charge in [-0.05, 0) is 129 Å². The maximum Gasteiger partial charge on any atom is 0.159 e. The number of benzene rings is 9. The van der Waals surface area contributed by atoms with Crippen molar-refractivity contribution in [1.29, 1.82) is 0 Å². The summed E-state index contributed by atoms with van der Waals surface area (Å²) in [5.74, 6) is 0.831. The van der Waals surface area contributed by atoms with Crippen molar-refractivity contribution in [3.05, 3.63) is 223 Å². The summed E-state index contributed by atoms with van der Waals surface area (Å²) in [5, 5.41) is 6.84. The summed E-state index contributed by atoms with van der Waals surface area (Å²) in [5.41, 5.74) is 18.6. The first-order valence-electron chi connectivity index (χ1n) is 23.5. The van der Waals surface area contributed by atoms with Gasteiger partial charge in [-0.25, -0.2) is 4.98 Å². The fraction of sp³-hybridized carbons (Fsp3) is 0.0952. The third-order valence-corrected chi connectivity index (χ3v) is 15.1. The average molecular weight is 876 g/mol. The van der Waals surface area contributed by atoms with Gasteiger partial charge in [0.25, 0.3) is 0 Å². The molecule has 68 heavy (non-hydrogen) atoms. The summed E-state index contributed by atoms with van der Waals surface area (Å²) in [6, 6.07) is 69.9. The summed E-state index contributed by atoms with van der Waals surface area (Å²) >= 11 is 0. The van der Waals surface area contributed by atoms with Gasteiger partial charge in [-0.3, -0.25) is 4.90 Å². The zero-order valence-corrected chi connectivity index (χ0v) is 38.2. The van der Waals surface area contributed by atoms with Crippen LogP contribution in [0, 0.1) is 0 Å². The van der Waals surface area contributed by atoms with Gasteiger partial charge in [-0.1, -0.05) is 143 Å². The number of furan rings is 2. The van der Waals surface area contributed by atoms with Crippen LogP contribution in [0.3, 0.4) is 0 Å². The Morgan fingerprint density at radius 2 is 0.912 bits per heavy atom.